The molecule has 0 aliphatic heterocycles. The first kappa shape index (κ1) is 17.4. The molecule has 0 fully saturated rings. The maximum atomic E-state index is 11.3. The number of hydrogen-bond donors (Lipinski definition) is 6. The Morgan fingerprint density at radius 2 is 1.72 bits per heavy atom. The lowest BCUT2D eigenvalue weighted by molar-refractivity contribution is -0.269. The summed E-state index contributed by atoms with van der Waals surface area (Å²) in [6.45, 7) is 1.17. The van der Waals surface area contributed by atoms with Gasteiger partial charge in [-0.15, -0.1) is 0 Å². The molecule has 18 heavy (non-hydrogen) atoms. The second-order valence-corrected chi connectivity index (χ2v) is 4.33. The van der Waals surface area contributed by atoms with Gasteiger partial charge in [-0.3, -0.25) is 4.79 Å². The van der Waals surface area contributed by atoms with Gasteiger partial charge in [0.15, 0.2) is 11.9 Å². The third kappa shape index (κ3) is 4.97. The Labute approximate surface area is 105 Å². The molecule has 0 aromatic carbocycles. The summed E-state index contributed by atoms with van der Waals surface area (Å²) in [4.78, 5) is 11.3. The van der Waals surface area contributed by atoms with Crippen molar-refractivity contribution in [1.29, 1.82) is 0 Å². The topological polar surface area (TPSA) is 138 Å². The number of ketones is 1. The Morgan fingerprint density at radius 1 is 1.17 bits per heavy atom. The number of hydrogen-bond acceptors (Lipinski definition) is 7. The SMILES string of the molecule is CCCC(=O)C(O)C(O)(O)C(O)CCC(O)CO. The molecule has 0 spiro atoms. The number of Topliss-reactive ketones (excluding diaryl/α,β-unsaturated/α-hetero) is 1. The molecule has 0 aliphatic carbocycles. The Balaban J connectivity index is 4.45. The summed E-state index contributed by atoms with van der Waals surface area (Å²) in [5.74, 6) is -3.73. The van der Waals surface area contributed by atoms with Crippen LogP contribution in [0.4, 0.5) is 0 Å². The third-order valence-corrected chi connectivity index (χ3v) is 2.68. The van der Waals surface area contributed by atoms with Gasteiger partial charge in [0.2, 0.25) is 5.79 Å². The van der Waals surface area contributed by atoms with E-state index < -0.39 is 36.5 Å². The lowest BCUT2D eigenvalue weighted by Gasteiger charge is -2.31. The average molecular weight is 266 g/mol. The van der Waals surface area contributed by atoms with E-state index in [1.165, 1.54) is 0 Å². The van der Waals surface area contributed by atoms with Crippen molar-refractivity contribution in [2.75, 3.05) is 6.61 Å². The summed E-state index contributed by atoms with van der Waals surface area (Å²) in [6, 6.07) is 0. The molecule has 0 heterocycles. The van der Waals surface area contributed by atoms with Crippen LogP contribution in [0, 0.1) is 0 Å². The largest absolute Gasteiger partial charge is 0.394 e. The van der Waals surface area contributed by atoms with Crippen molar-refractivity contribution in [3.63, 3.8) is 0 Å². The quantitative estimate of drug-likeness (QED) is 0.263. The number of aliphatic hydroxyl groups excluding tert-OH is 4. The van der Waals surface area contributed by atoms with Crippen molar-refractivity contribution >= 4 is 5.78 Å². The van der Waals surface area contributed by atoms with Crippen molar-refractivity contribution < 1.29 is 35.4 Å². The predicted molar refractivity (Wildman–Crippen MR) is 61.4 cm³/mol. The maximum absolute atomic E-state index is 11.3. The highest BCUT2D eigenvalue weighted by Crippen LogP contribution is 2.19. The molecule has 0 aliphatic rings. The Hall–Kier alpha value is -0.570. The molecule has 7 nitrogen and oxygen atoms in total. The van der Waals surface area contributed by atoms with Crippen LogP contribution in [0.3, 0.4) is 0 Å². The van der Waals surface area contributed by atoms with Crippen molar-refractivity contribution in [2.45, 2.75) is 56.7 Å². The standard InChI is InChI=1S/C11H22O7/c1-2-3-8(14)10(16)11(17,18)9(15)5-4-7(13)6-12/h7,9-10,12-13,15-18H,2-6H2,1H3. The highest BCUT2D eigenvalue weighted by Gasteiger charge is 2.44. The average Bonchev–Trinajstić information content (AvgIpc) is 2.34. The molecule has 0 radical (unpaired) electrons. The zero-order valence-corrected chi connectivity index (χ0v) is 10.4. The summed E-state index contributed by atoms with van der Waals surface area (Å²) < 4.78 is 0. The van der Waals surface area contributed by atoms with Crippen LogP contribution in [-0.4, -0.2) is 67.1 Å². The Bertz CT molecular complexity index is 254. The molecule has 0 rings (SSSR count). The summed E-state index contributed by atoms with van der Waals surface area (Å²) in [5, 5.41) is 55.6. The van der Waals surface area contributed by atoms with E-state index in [4.69, 9.17) is 10.2 Å². The fourth-order valence-corrected chi connectivity index (χ4v) is 1.46. The van der Waals surface area contributed by atoms with Gasteiger partial charge in [0, 0.05) is 6.42 Å². The summed E-state index contributed by atoms with van der Waals surface area (Å²) >= 11 is 0. The van der Waals surface area contributed by atoms with E-state index in [0.29, 0.717) is 6.42 Å². The number of carbonyl (C=O) groups is 1. The van der Waals surface area contributed by atoms with E-state index in [1.54, 1.807) is 6.92 Å². The van der Waals surface area contributed by atoms with Crippen molar-refractivity contribution in [2.24, 2.45) is 0 Å². The molecule has 3 unspecified atom stereocenters. The molecule has 0 saturated carbocycles. The molecular weight excluding hydrogens is 244 g/mol. The highest BCUT2D eigenvalue weighted by atomic mass is 16.5. The monoisotopic (exact) mass is 266 g/mol. The second-order valence-electron chi connectivity index (χ2n) is 4.33. The van der Waals surface area contributed by atoms with Crippen LogP contribution >= 0.6 is 0 Å². The molecule has 0 aromatic heterocycles. The van der Waals surface area contributed by atoms with Crippen LogP contribution in [0.2, 0.25) is 0 Å². The van der Waals surface area contributed by atoms with Gasteiger partial charge in [-0.2, -0.15) is 0 Å². The summed E-state index contributed by atoms with van der Waals surface area (Å²) in [5.41, 5.74) is 0. The zero-order valence-electron chi connectivity index (χ0n) is 10.4. The minimum Gasteiger partial charge on any atom is -0.394 e. The van der Waals surface area contributed by atoms with E-state index in [0.717, 1.165) is 0 Å². The third-order valence-electron chi connectivity index (χ3n) is 2.68. The number of carbonyl (C=O) groups excluding carboxylic acids is 1. The smallest absolute Gasteiger partial charge is 0.223 e. The molecule has 3 atom stereocenters. The highest BCUT2D eigenvalue weighted by molar-refractivity contribution is 5.83. The van der Waals surface area contributed by atoms with Crippen molar-refractivity contribution in [3.05, 3.63) is 0 Å². The fraction of sp³-hybridized carbons (Fsp3) is 0.909. The summed E-state index contributed by atoms with van der Waals surface area (Å²) in [7, 11) is 0. The molecule has 108 valence electrons. The van der Waals surface area contributed by atoms with E-state index >= 15 is 0 Å². The molecule has 0 saturated heterocycles. The number of rotatable bonds is 9. The minimum atomic E-state index is -2.96. The van der Waals surface area contributed by atoms with E-state index in [2.05, 4.69) is 0 Å². The van der Waals surface area contributed by atoms with Gasteiger partial charge < -0.3 is 30.6 Å². The second kappa shape index (κ2) is 7.78. The molecule has 6 N–H and O–H groups in total. The van der Waals surface area contributed by atoms with Gasteiger partial charge in [0.1, 0.15) is 6.10 Å². The zero-order chi connectivity index (χ0) is 14.3. The van der Waals surface area contributed by atoms with E-state index in [1.807, 2.05) is 0 Å². The first-order valence-electron chi connectivity index (χ1n) is 5.89. The van der Waals surface area contributed by atoms with Crippen LogP contribution in [0.25, 0.3) is 0 Å². The van der Waals surface area contributed by atoms with Gasteiger partial charge in [0.05, 0.1) is 12.7 Å². The van der Waals surface area contributed by atoms with Gasteiger partial charge in [0.25, 0.3) is 0 Å². The van der Waals surface area contributed by atoms with Crippen LogP contribution in [0.1, 0.15) is 32.6 Å². The van der Waals surface area contributed by atoms with Crippen molar-refractivity contribution in [1.82, 2.24) is 0 Å². The van der Waals surface area contributed by atoms with E-state index in [-0.39, 0.29) is 19.3 Å². The minimum absolute atomic E-state index is 0.0317. The van der Waals surface area contributed by atoms with Crippen LogP contribution in [0.5, 0.6) is 0 Å². The lowest BCUT2D eigenvalue weighted by atomic mass is 9.94. The molecule has 0 aromatic rings. The predicted octanol–water partition coefficient (Wildman–Crippen LogP) is -2.11. The Kier molecular flexibility index (Phi) is 7.53. The lowest BCUT2D eigenvalue weighted by Crippen LogP contribution is -2.55. The van der Waals surface area contributed by atoms with E-state index in [9.17, 15) is 25.2 Å². The first-order valence-corrected chi connectivity index (χ1v) is 5.89. The van der Waals surface area contributed by atoms with Gasteiger partial charge in [-0.1, -0.05) is 6.92 Å². The normalized spacial score (nSPS) is 17.3. The van der Waals surface area contributed by atoms with Crippen LogP contribution in [0.15, 0.2) is 0 Å². The fourth-order valence-electron chi connectivity index (χ4n) is 1.46. The van der Waals surface area contributed by atoms with Gasteiger partial charge in [-0.05, 0) is 19.3 Å². The van der Waals surface area contributed by atoms with Gasteiger partial charge >= 0.3 is 0 Å². The van der Waals surface area contributed by atoms with Crippen molar-refractivity contribution in [3.8, 4) is 0 Å². The van der Waals surface area contributed by atoms with Crippen LogP contribution in [-0.2, 0) is 4.79 Å². The van der Waals surface area contributed by atoms with Crippen LogP contribution < -0.4 is 0 Å². The number of aliphatic hydroxyl groups is 6. The molecule has 0 amide bonds. The first-order chi connectivity index (χ1) is 8.27. The molecular formula is C11H22O7. The van der Waals surface area contributed by atoms with Gasteiger partial charge in [-0.25, -0.2) is 0 Å². The molecule has 0 bridgehead atoms. The summed E-state index contributed by atoms with van der Waals surface area (Å²) in [6.07, 6.45) is -4.95. The maximum Gasteiger partial charge on any atom is 0.223 e. The Morgan fingerprint density at radius 3 is 2.17 bits per heavy atom. The molecule has 7 heteroatoms.